The zero-order valence-electron chi connectivity index (χ0n) is 15.2. The van der Waals surface area contributed by atoms with Crippen molar-refractivity contribution in [2.45, 2.75) is 20.3 Å². The molecule has 2 N–H and O–H groups in total. The SMILES string of the molecule is CCc1cccc(C)c1NC(=O)c1cc(Nc2cccc(C#N)c2)ncn1. The maximum absolute atomic E-state index is 12.7. The molecule has 0 aliphatic rings. The van der Waals surface area contributed by atoms with Gasteiger partial charge in [-0.15, -0.1) is 0 Å². The lowest BCUT2D eigenvalue weighted by atomic mass is 10.1. The smallest absolute Gasteiger partial charge is 0.274 e. The van der Waals surface area contributed by atoms with Gasteiger partial charge in [-0.3, -0.25) is 4.79 Å². The Kier molecular flexibility index (Phi) is 5.43. The van der Waals surface area contributed by atoms with E-state index >= 15 is 0 Å². The molecule has 0 fully saturated rings. The van der Waals surface area contributed by atoms with Crippen LogP contribution in [0.15, 0.2) is 54.9 Å². The minimum Gasteiger partial charge on any atom is -0.340 e. The lowest BCUT2D eigenvalue weighted by Crippen LogP contribution is -2.16. The van der Waals surface area contributed by atoms with E-state index in [1.165, 1.54) is 6.33 Å². The van der Waals surface area contributed by atoms with Gasteiger partial charge in [-0.25, -0.2) is 9.97 Å². The van der Waals surface area contributed by atoms with Crippen LogP contribution in [0.5, 0.6) is 0 Å². The summed E-state index contributed by atoms with van der Waals surface area (Å²) in [6.07, 6.45) is 2.16. The topological polar surface area (TPSA) is 90.7 Å². The van der Waals surface area contributed by atoms with E-state index < -0.39 is 0 Å². The number of hydrogen-bond donors (Lipinski definition) is 2. The Bertz CT molecular complexity index is 1020. The molecule has 0 atom stereocenters. The first-order valence-electron chi connectivity index (χ1n) is 8.59. The van der Waals surface area contributed by atoms with Crippen molar-refractivity contribution in [3.8, 4) is 6.07 Å². The molecule has 0 bridgehead atoms. The summed E-state index contributed by atoms with van der Waals surface area (Å²) in [5.41, 5.74) is 4.41. The lowest BCUT2D eigenvalue weighted by Gasteiger charge is -2.13. The van der Waals surface area contributed by atoms with Gasteiger partial charge in [-0.2, -0.15) is 5.26 Å². The zero-order chi connectivity index (χ0) is 19.2. The number of hydrogen-bond acceptors (Lipinski definition) is 5. The molecular weight excluding hydrogens is 338 g/mol. The summed E-state index contributed by atoms with van der Waals surface area (Å²) >= 11 is 0. The highest BCUT2D eigenvalue weighted by molar-refractivity contribution is 6.04. The number of nitrogens with zero attached hydrogens (tertiary/aromatic N) is 3. The molecule has 0 aliphatic heterocycles. The standard InChI is InChI=1S/C21H19N5O/c1-3-16-8-4-6-14(2)20(16)26-21(27)18-11-19(24-13-23-18)25-17-9-5-7-15(10-17)12-22/h4-11,13H,3H2,1-2H3,(H,26,27)(H,23,24,25). The summed E-state index contributed by atoms with van der Waals surface area (Å²) < 4.78 is 0. The first-order chi connectivity index (χ1) is 13.1. The number of nitrogens with one attached hydrogen (secondary N) is 2. The van der Waals surface area contributed by atoms with Crippen molar-refractivity contribution in [1.29, 1.82) is 5.26 Å². The van der Waals surface area contributed by atoms with E-state index in [4.69, 9.17) is 5.26 Å². The second kappa shape index (κ2) is 8.11. The summed E-state index contributed by atoms with van der Waals surface area (Å²) in [5.74, 6) is 0.181. The second-order valence-corrected chi connectivity index (χ2v) is 6.02. The molecule has 2 aromatic carbocycles. The fourth-order valence-corrected chi connectivity index (χ4v) is 2.74. The minimum atomic E-state index is -0.296. The molecule has 0 radical (unpaired) electrons. The number of aromatic nitrogens is 2. The molecule has 0 spiro atoms. The number of para-hydroxylation sites is 1. The average molecular weight is 357 g/mol. The molecule has 0 unspecified atom stereocenters. The van der Waals surface area contributed by atoms with E-state index in [2.05, 4.69) is 26.7 Å². The van der Waals surface area contributed by atoms with Crippen LogP contribution in [-0.2, 0) is 6.42 Å². The highest BCUT2D eigenvalue weighted by Gasteiger charge is 2.13. The molecular formula is C21H19N5O. The highest BCUT2D eigenvalue weighted by atomic mass is 16.1. The van der Waals surface area contributed by atoms with E-state index in [9.17, 15) is 4.79 Å². The Hall–Kier alpha value is -3.72. The van der Waals surface area contributed by atoms with Gasteiger partial charge in [0.1, 0.15) is 17.8 Å². The molecule has 3 aromatic rings. The maximum atomic E-state index is 12.7. The van der Waals surface area contributed by atoms with Crippen LogP contribution in [0.4, 0.5) is 17.2 Å². The molecule has 0 aliphatic carbocycles. The van der Waals surface area contributed by atoms with Gasteiger partial charge >= 0.3 is 0 Å². The highest BCUT2D eigenvalue weighted by Crippen LogP contribution is 2.22. The Labute approximate surface area is 157 Å². The third kappa shape index (κ3) is 4.28. The minimum absolute atomic E-state index is 0.259. The van der Waals surface area contributed by atoms with Gasteiger partial charge in [0.2, 0.25) is 0 Å². The molecule has 3 rings (SSSR count). The zero-order valence-corrected chi connectivity index (χ0v) is 15.2. The summed E-state index contributed by atoms with van der Waals surface area (Å²) in [5, 5.41) is 15.0. The van der Waals surface area contributed by atoms with Crippen molar-refractivity contribution in [3.05, 3.63) is 77.2 Å². The summed E-state index contributed by atoms with van der Waals surface area (Å²) in [6.45, 7) is 4.01. The van der Waals surface area contributed by atoms with Gasteiger partial charge < -0.3 is 10.6 Å². The van der Waals surface area contributed by atoms with Crippen molar-refractivity contribution in [1.82, 2.24) is 9.97 Å². The predicted molar refractivity (Wildman–Crippen MR) is 105 cm³/mol. The maximum Gasteiger partial charge on any atom is 0.274 e. The monoisotopic (exact) mass is 357 g/mol. The molecule has 6 heteroatoms. The first kappa shape index (κ1) is 18.1. The summed E-state index contributed by atoms with van der Waals surface area (Å²) in [7, 11) is 0. The molecule has 27 heavy (non-hydrogen) atoms. The largest absolute Gasteiger partial charge is 0.340 e. The third-order valence-electron chi connectivity index (χ3n) is 4.14. The number of benzene rings is 2. The number of rotatable bonds is 5. The van der Waals surface area contributed by atoms with E-state index in [1.54, 1.807) is 24.3 Å². The van der Waals surface area contributed by atoms with E-state index in [0.29, 0.717) is 17.1 Å². The molecule has 1 amide bonds. The van der Waals surface area contributed by atoms with E-state index in [-0.39, 0.29) is 11.6 Å². The predicted octanol–water partition coefficient (Wildman–Crippen LogP) is 4.22. The fraction of sp³-hybridized carbons (Fsp3) is 0.143. The number of amides is 1. The number of anilines is 3. The Morgan fingerprint density at radius 1 is 1.15 bits per heavy atom. The van der Waals surface area contributed by atoms with E-state index in [1.807, 2.05) is 38.1 Å². The molecule has 0 saturated carbocycles. The Balaban J connectivity index is 1.81. The van der Waals surface area contributed by atoms with Crippen LogP contribution in [0.1, 0.15) is 34.1 Å². The van der Waals surface area contributed by atoms with Crippen LogP contribution in [0.25, 0.3) is 0 Å². The van der Waals surface area contributed by atoms with Crippen LogP contribution < -0.4 is 10.6 Å². The van der Waals surface area contributed by atoms with Gasteiger partial charge in [0, 0.05) is 17.4 Å². The quantitative estimate of drug-likeness (QED) is 0.713. The van der Waals surface area contributed by atoms with Crippen molar-refractivity contribution < 1.29 is 4.79 Å². The molecule has 134 valence electrons. The number of nitriles is 1. The van der Waals surface area contributed by atoms with Gasteiger partial charge in [0.05, 0.1) is 11.6 Å². The van der Waals surface area contributed by atoms with Crippen LogP contribution >= 0.6 is 0 Å². The molecule has 1 heterocycles. The van der Waals surface area contributed by atoms with Crippen molar-refractivity contribution >= 4 is 23.1 Å². The molecule has 6 nitrogen and oxygen atoms in total. The normalized spacial score (nSPS) is 10.1. The fourth-order valence-electron chi connectivity index (χ4n) is 2.74. The van der Waals surface area contributed by atoms with Gasteiger partial charge in [0.25, 0.3) is 5.91 Å². The van der Waals surface area contributed by atoms with Crippen LogP contribution in [0, 0.1) is 18.3 Å². The van der Waals surface area contributed by atoms with Gasteiger partial charge in [-0.05, 0) is 42.7 Å². The van der Waals surface area contributed by atoms with Crippen molar-refractivity contribution in [2.24, 2.45) is 0 Å². The first-order valence-corrected chi connectivity index (χ1v) is 8.59. The number of carbonyl (C=O) groups excluding carboxylic acids is 1. The Morgan fingerprint density at radius 2 is 1.96 bits per heavy atom. The summed E-state index contributed by atoms with van der Waals surface area (Å²) in [6, 6.07) is 16.6. The van der Waals surface area contributed by atoms with Crippen molar-refractivity contribution in [2.75, 3.05) is 10.6 Å². The average Bonchev–Trinajstić information content (AvgIpc) is 2.69. The number of carbonyl (C=O) groups is 1. The lowest BCUT2D eigenvalue weighted by molar-refractivity contribution is 0.102. The van der Waals surface area contributed by atoms with Gasteiger partial charge in [0.15, 0.2) is 0 Å². The van der Waals surface area contributed by atoms with Gasteiger partial charge in [-0.1, -0.05) is 31.2 Å². The number of aryl methyl sites for hydroxylation is 2. The van der Waals surface area contributed by atoms with Crippen molar-refractivity contribution in [3.63, 3.8) is 0 Å². The van der Waals surface area contributed by atoms with Crippen LogP contribution in [-0.4, -0.2) is 15.9 Å². The molecule has 1 aromatic heterocycles. The van der Waals surface area contributed by atoms with E-state index in [0.717, 1.165) is 23.2 Å². The Morgan fingerprint density at radius 3 is 2.74 bits per heavy atom. The summed E-state index contributed by atoms with van der Waals surface area (Å²) in [4.78, 5) is 20.9. The molecule has 0 saturated heterocycles. The third-order valence-corrected chi connectivity index (χ3v) is 4.14. The van der Waals surface area contributed by atoms with Crippen LogP contribution in [0.2, 0.25) is 0 Å². The van der Waals surface area contributed by atoms with Crippen LogP contribution in [0.3, 0.4) is 0 Å². The second-order valence-electron chi connectivity index (χ2n) is 6.02.